The Balaban J connectivity index is 2.78. The summed E-state index contributed by atoms with van der Waals surface area (Å²) in [7, 11) is 0. The Bertz CT molecular complexity index is 385. The summed E-state index contributed by atoms with van der Waals surface area (Å²) in [6.07, 6.45) is 1.34. The Morgan fingerprint density at radius 3 is 2.67 bits per heavy atom. The van der Waals surface area contributed by atoms with Crippen LogP contribution in [0, 0.1) is 18.6 Å². The smallest absolute Gasteiger partial charge is 0.133 e. The van der Waals surface area contributed by atoms with Crippen molar-refractivity contribution in [3.63, 3.8) is 0 Å². The van der Waals surface area contributed by atoms with E-state index in [1.54, 1.807) is 6.92 Å². The molecule has 1 aromatic carbocycles. The van der Waals surface area contributed by atoms with Gasteiger partial charge in [-0.1, -0.05) is 13.0 Å². The van der Waals surface area contributed by atoms with E-state index in [2.05, 4.69) is 5.43 Å². The summed E-state index contributed by atoms with van der Waals surface area (Å²) in [5.41, 5.74) is 2.83. The molecule has 18 heavy (non-hydrogen) atoms. The first-order chi connectivity index (χ1) is 8.61. The number of nitrogens with two attached hydrogens (primary N) is 1. The highest BCUT2D eigenvalue weighted by molar-refractivity contribution is 5.29. The number of nitrogens with one attached hydrogen (secondary N) is 1. The van der Waals surface area contributed by atoms with Crippen molar-refractivity contribution < 1.29 is 13.5 Å². The zero-order valence-corrected chi connectivity index (χ0v) is 10.8. The van der Waals surface area contributed by atoms with Gasteiger partial charge < -0.3 is 4.74 Å². The maximum atomic E-state index is 13.9. The van der Waals surface area contributed by atoms with Crippen LogP contribution in [0.25, 0.3) is 0 Å². The van der Waals surface area contributed by atoms with Gasteiger partial charge in [-0.3, -0.25) is 11.3 Å². The van der Waals surface area contributed by atoms with Crippen molar-refractivity contribution in [1.82, 2.24) is 5.43 Å². The number of hydrogen-bond acceptors (Lipinski definition) is 3. The number of ether oxygens (including phenoxy) is 1. The zero-order valence-electron chi connectivity index (χ0n) is 10.8. The molecule has 1 unspecified atom stereocenters. The van der Waals surface area contributed by atoms with E-state index in [1.807, 2.05) is 6.92 Å². The Morgan fingerprint density at radius 2 is 2.06 bits per heavy atom. The number of benzene rings is 1. The average molecular weight is 258 g/mol. The lowest BCUT2D eigenvalue weighted by Crippen LogP contribution is -2.30. The minimum Gasteiger partial charge on any atom is -0.381 e. The van der Waals surface area contributed by atoms with Crippen LogP contribution in [-0.4, -0.2) is 13.2 Å². The molecule has 0 heterocycles. The number of aryl methyl sites for hydroxylation is 1. The Hall–Kier alpha value is -1.04. The molecule has 1 aromatic rings. The minimum atomic E-state index is -0.587. The van der Waals surface area contributed by atoms with Gasteiger partial charge in [0.05, 0.1) is 6.04 Å². The SMILES string of the molecule is CCCOCCC(NN)c1c(F)ccc(C)c1F. The lowest BCUT2D eigenvalue weighted by Gasteiger charge is -2.18. The lowest BCUT2D eigenvalue weighted by molar-refractivity contribution is 0.124. The van der Waals surface area contributed by atoms with E-state index >= 15 is 0 Å². The van der Waals surface area contributed by atoms with Crippen molar-refractivity contribution in [1.29, 1.82) is 0 Å². The highest BCUT2D eigenvalue weighted by Gasteiger charge is 2.20. The molecule has 0 aromatic heterocycles. The third kappa shape index (κ3) is 3.73. The molecule has 5 heteroatoms. The van der Waals surface area contributed by atoms with Crippen LogP contribution in [0.4, 0.5) is 8.78 Å². The maximum Gasteiger partial charge on any atom is 0.133 e. The Morgan fingerprint density at radius 1 is 1.33 bits per heavy atom. The molecule has 3 nitrogen and oxygen atoms in total. The second-order valence-electron chi connectivity index (χ2n) is 4.21. The molecule has 1 atom stereocenters. The van der Waals surface area contributed by atoms with Gasteiger partial charge in [0.25, 0.3) is 0 Å². The summed E-state index contributed by atoms with van der Waals surface area (Å²) in [4.78, 5) is 0. The highest BCUT2D eigenvalue weighted by atomic mass is 19.1. The summed E-state index contributed by atoms with van der Waals surface area (Å²) < 4.78 is 32.9. The van der Waals surface area contributed by atoms with Gasteiger partial charge in [0, 0.05) is 18.8 Å². The number of hydrazine groups is 1. The zero-order chi connectivity index (χ0) is 13.5. The summed E-state index contributed by atoms with van der Waals surface area (Å²) in [5, 5.41) is 0. The van der Waals surface area contributed by atoms with Gasteiger partial charge in [-0.2, -0.15) is 0 Å². The average Bonchev–Trinajstić information content (AvgIpc) is 2.37. The molecule has 0 saturated carbocycles. The summed E-state index contributed by atoms with van der Waals surface area (Å²) in [6.45, 7) is 4.64. The fraction of sp³-hybridized carbons (Fsp3) is 0.538. The molecule has 0 spiro atoms. The first-order valence-electron chi connectivity index (χ1n) is 6.10. The molecular formula is C13H20F2N2O. The Kier molecular flexibility index (Phi) is 6.18. The molecule has 0 amide bonds. The van der Waals surface area contributed by atoms with Crippen LogP contribution < -0.4 is 11.3 Å². The van der Waals surface area contributed by atoms with Crippen LogP contribution in [0.1, 0.15) is 36.9 Å². The fourth-order valence-electron chi connectivity index (χ4n) is 1.76. The van der Waals surface area contributed by atoms with Crippen molar-refractivity contribution in [2.24, 2.45) is 5.84 Å². The molecular weight excluding hydrogens is 238 g/mol. The van der Waals surface area contributed by atoms with Gasteiger partial charge in [0.2, 0.25) is 0 Å². The van der Waals surface area contributed by atoms with E-state index in [4.69, 9.17) is 10.6 Å². The molecule has 102 valence electrons. The van der Waals surface area contributed by atoms with Gasteiger partial charge in [-0.05, 0) is 31.4 Å². The molecule has 0 aliphatic carbocycles. The van der Waals surface area contributed by atoms with E-state index in [0.717, 1.165) is 6.42 Å². The summed E-state index contributed by atoms with van der Waals surface area (Å²) in [6, 6.07) is 2.09. The van der Waals surface area contributed by atoms with Gasteiger partial charge >= 0.3 is 0 Å². The largest absolute Gasteiger partial charge is 0.381 e. The van der Waals surface area contributed by atoms with Crippen LogP contribution in [0.5, 0.6) is 0 Å². The highest BCUT2D eigenvalue weighted by Crippen LogP contribution is 2.25. The first kappa shape index (κ1) is 15.0. The van der Waals surface area contributed by atoms with E-state index in [-0.39, 0.29) is 5.56 Å². The van der Waals surface area contributed by atoms with Gasteiger partial charge in [-0.25, -0.2) is 8.78 Å². The topological polar surface area (TPSA) is 47.3 Å². The van der Waals surface area contributed by atoms with Crippen molar-refractivity contribution >= 4 is 0 Å². The van der Waals surface area contributed by atoms with Crippen molar-refractivity contribution in [3.05, 3.63) is 34.9 Å². The number of rotatable bonds is 7. The molecule has 0 aliphatic rings. The molecule has 3 N–H and O–H groups in total. The summed E-state index contributed by atoms with van der Waals surface area (Å²) >= 11 is 0. The van der Waals surface area contributed by atoms with E-state index in [0.29, 0.717) is 25.2 Å². The van der Waals surface area contributed by atoms with Crippen LogP contribution in [-0.2, 0) is 4.74 Å². The standard InChI is InChI=1S/C13H20F2N2O/c1-3-7-18-8-6-11(17-16)12-10(14)5-4-9(2)13(12)15/h4-5,11,17H,3,6-8,16H2,1-2H3. The van der Waals surface area contributed by atoms with Crippen LogP contribution in [0.3, 0.4) is 0 Å². The van der Waals surface area contributed by atoms with E-state index in [9.17, 15) is 8.78 Å². The van der Waals surface area contributed by atoms with Gasteiger partial charge in [0.15, 0.2) is 0 Å². The van der Waals surface area contributed by atoms with Gasteiger partial charge in [0.1, 0.15) is 11.6 Å². The van der Waals surface area contributed by atoms with Crippen molar-refractivity contribution in [2.75, 3.05) is 13.2 Å². The molecule has 0 saturated heterocycles. The molecule has 0 bridgehead atoms. The van der Waals surface area contributed by atoms with Crippen molar-refractivity contribution in [3.8, 4) is 0 Å². The third-order valence-corrected chi connectivity index (χ3v) is 2.77. The van der Waals surface area contributed by atoms with Crippen LogP contribution >= 0.6 is 0 Å². The van der Waals surface area contributed by atoms with Crippen LogP contribution in [0.2, 0.25) is 0 Å². The second kappa shape index (κ2) is 7.41. The quantitative estimate of drug-likeness (QED) is 0.449. The van der Waals surface area contributed by atoms with Gasteiger partial charge in [-0.15, -0.1) is 0 Å². The fourth-order valence-corrected chi connectivity index (χ4v) is 1.76. The first-order valence-corrected chi connectivity index (χ1v) is 6.10. The van der Waals surface area contributed by atoms with E-state index in [1.165, 1.54) is 12.1 Å². The normalized spacial score (nSPS) is 12.7. The Labute approximate surface area is 106 Å². The van der Waals surface area contributed by atoms with Crippen LogP contribution in [0.15, 0.2) is 12.1 Å². The van der Waals surface area contributed by atoms with E-state index < -0.39 is 17.7 Å². The summed E-state index contributed by atoms with van der Waals surface area (Å²) in [5.74, 6) is 4.23. The third-order valence-electron chi connectivity index (χ3n) is 2.77. The molecule has 1 rings (SSSR count). The molecule has 0 aliphatic heterocycles. The number of halogens is 2. The molecule has 0 fully saturated rings. The number of hydrogen-bond donors (Lipinski definition) is 2. The lowest BCUT2D eigenvalue weighted by atomic mass is 10.0. The second-order valence-corrected chi connectivity index (χ2v) is 4.21. The predicted octanol–water partition coefficient (Wildman–Crippen LogP) is 2.59. The minimum absolute atomic E-state index is 0.0161. The predicted molar refractivity (Wildman–Crippen MR) is 66.9 cm³/mol. The monoisotopic (exact) mass is 258 g/mol. The maximum absolute atomic E-state index is 13.9. The molecule has 0 radical (unpaired) electrons. The van der Waals surface area contributed by atoms with Crippen molar-refractivity contribution in [2.45, 2.75) is 32.7 Å².